The van der Waals surface area contributed by atoms with Crippen LogP contribution < -0.4 is 19.8 Å². The number of fused-ring (bicyclic) bond motifs is 1. The van der Waals surface area contributed by atoms with E-state index >= 15 is 0 Å². The summed E-state index contributed by atoms with van der Waals surface area (Å²) in [5.74, 6) is 1.56. The van der Waals surface area contributed by atoms with E-state index in [4.69, 9.17) is 18.6 Å². The van der Waals surface area contributed by atoms with Crippen LogP contribution in [0, 0.1) is 0 Å². The summed E-state index contributed by atoms with van der Waals surface area (Å²) in [6.07, 6.45) is 0. The van der Waals surface area contributed by atoms with Crippen LogP contribution in [-0.2, 0) is 0 Å². The fourth-order valence-corrected chi connectivity index (χ4v) is 3.97. The molecule has 0 fully saturated rings. The van der Waals surface area contributed by atoms with Gasteiger partial charge in [0.2, 0.25) is 11.6 Å². The first kappa shape index (κ1) is 18.1. The van der Waals surface area contributed by atoms with Gasteiger partial charge in [-0.15, -0.1) is 11.3 Å². The lowest BCUT2D eigenvalue weighted by molar-refractivity contribution is 0.324. The summed E-state index contributed by atoms with van der Waals surface area (Å²) in [6, 6.07) is 13.1. The van der Waals surface area contributed by atoms with E-state index in [0.29, 0.717) is 33.0 Å². The number of benzene rings is 2. The van der Waals surface area contributed by atoms with Crippen LogP contribution in [0.4, 0.5) is 0 Å². The molecule has 0 atom stereocenters. The van der Waals surface area contributed by atoms with Crippen molar-refractivity contribution < 1.29 is 18.6 Å². The normalized spacial score (nSPS) is 10.8. The molecule has 0 amide bonds. The van der Waals surface area contributed by atoms with Crippen LogP contribution in [0.5, 0.6) is 17.2 Å². The number of hydrogen-bond acceptors (Lipinski definition) is 7. The number of thiophene rings is 1. The van der Waals surface area contributed by atoms with Crippen LogP contribution in [0.1, 0.15) is 0 Å². The molecule has 4 rings (SSSR count). The Morgan fingerprint density at radius 1 is 0.929 bits per heavy atom. The zero-order chi connectivity index (χ0) is 19.7. The van der Waals surface area contributed by atoms with Gasteiger partial charge in [0, 0.05) is 16.5 Å². The van der Waals surface area contributed by atoms with Crippen LogP contribution in [-0.4, -0.2) is 26.3 Å². The topological polar surface area (TPSA) is 70.8 Å². The summed E-state index contributed by atoms with van der Waals surface area (Å²) < 4.78 is 21.6. The second-order valence-electron chi connectivity index (χ2n) is 5.92. The number of rotatable bonds is 5. The van der Waals surface area contributed by atoms with Gasteiger partial charge in [-0.3, -0.25) is 0 Å². The molecule has 0 aliphatic heterocycles. The number of ether oxygens (including phenoxy) is 3. The molecule has 7 heteroatoms. The lowest BCUT2D eigenvalue weighted by Gasteiger charge is -2.13. The van der Waals surface area contributed by atoms with Crippen molar-refractivity contribution in [3.63, 3.8) is 0 Å². The molecule has 0 saturated carbocycles. The zero-order valence-corrected chi connectivity index (χ0v) is 16.3. The average molecular weight is 395 g/mol. The van der Waals surface area contributed by atoms with Gasteiger partial charge in [-0.25, -0.2) is 9.78 Å². The molecule has 0 bridgehead atoms. The van der Waals surface area contributed by atoms with Crippen molar-refractivity contribution in [1.29, 1.82) is 0 Å². The van der Waals surface area contributed by atoms with Crippen LogP contribution in [0.2, 0.25) is 0 Å². The van der Waals surface area contributed by atoms with Gasteiger partial charge in [-0.05, 0) is 17.7 Å². The minimum atomic E-state index is -0.436. The third-order valence-electron chi connectivity index (χ3n) is 4.36. The van der Waals surface area contributed by atoms with Gasteiger partial charge in [-0.1, -0.05) is 30.3 Å². The molecule has 2 heterocycles. The predicted molar refractivity (Wildman–Crippen MR) is 109 cm³/mol. The van der Waals surface area contributed by atoms with Crippen molar-refractivity contribution in [3.8, 4) is 39.8 Å². The Morgan fingerprint density at radius 3 is 2.21 bits per heavy atom. The van der Waals surface area contributed by atoms with Crippen molar-refractivity contribution >= 4 is 21.6 Å². The maximum atomic E-state index is 12.8. The third-order valence-corrected chi connectivity index (χ3v) is 5.24. The first-order valence-electron chi connectivity index (χ1n) is 8.44. The second kappa shape index (κ2) is 7.36. The Morgan fingerprint density at radius 2 is 1.61 bits per heavy atom. The Bertz CT molecular complexity index is 1170. The maximum Gasteiger partial charge on any atom is 0.348 e. The van der Waals surface area contributed by atoms with Crippen LogP contribution in [0.3, 0.4) is 0 Å². The fraction of sp³-hybridized carbons (Fsp3) is 0.143. The van der Waals surface area contributed by atoms with E-state index < -0.39 is 5.63 Å². The molecule has 2 aromatic carbocycles. The Hall–Kier alpha value is -3.32. The third kappa shape index (κ3) is 2.99. The molecule has 4 aromatic rings. The molecule has 0 aliphatic rings. The van der Waals surface area contributed by atoms with Gasteiger partial charge in [0.05, 0.1) is 21.3 Å². The molecular weight excluding hydrogens is 378 g/mol. The number of methoxy groups -OCH3 is 3. The highest BCUT2D eigenvalue weighted by Gasteiger charge is 2.19. The maximum absolute atomic E-state index is 12.8. The molecule has 142 valence electrons. The van der Waals surface area contributed by atoms with Gasteiger partial charge in [0.25, 0.3) is 0 Å². The number of hydrogen-bond donors (Lipinski definition) is 0. The molecular formula is C21H17NO5S. The second-order valence-corrected chi connectivity index (χ2v) is 6.77. The van der Waals surface area contributed by atoms with Crippen molar-refractivity contribution in [3.05, 3.63) is 58.3 Å². The predicted octanol–water partition coefficient (Wildman–Crippen LogP) is 4.61. The highest BCUT2D eigenvalue weighted by molar-refractivity contribution is 7.17. The zero-order valence-electron chi connectivity index (χ0n) is 15.5. The highest BCUT2D eigenvalue weighted by Crippen LogP contribution is 2.41. The van der Waals surface area contributed by atoms with E-state index in [2.05, 4.69) is 4.98 Å². The Kier molecular flexibility index (Phi) is 4.75. The highest BCUT2D eigenvalue weighted by atomic mass is 32.1. The van der Waals surface area contributed by atoms with Crippen molar-refractivity contribution in [1.82, 2.24) is 4.98 Å². The minimum absolute atomic E-state index is 0.193. The first-order chi connectivity index (χ1) is 13.7. The fourth-order valence-electron chi connectivity index (χ4n) is 3.04. The van der Waals surface area contributed by atoms with E-state index in [-0.39, 0.29) is 5.89 Å². The molecule has 0 aliphatic carbocycles. The number of aromatic nitrogens is 1. The summed E-state index contributed by atoms with van der Waals surface area (Å²) >= 11 is 1.40. The lowest BCUT2D eigenvalue weighted by atomic mass is 10.1. The van der Waals surface area contributed by atoms with E-state index in [9.17, 15) is 4.79 Å². The SMILES string of the molecule is COc1cc(-c2nc3scc(-c4ccccc4)c3c(=O)o2)cc(OC)c1OC. The molecule has 28 heavy (non-hydrogen) atoms. The molecule has 6 nitrogen and oxygen atoms in total. The van der Waals surface area contributed by atoms with Gasteiger partial charge in [0.15, 0.2) is 11.5 Å². The minimum Gasteiger partial charge on any atom is -0.493 e. The van der Waals surface area contributed by atoms with E-state index in [0.717, 1.165) is 11.1 Å². The largest absolute Gasteiger partial charge is 0.493 e. The van der Waals surface area contributed by atoms with Crippen LogP contribution >= 0.6 is 11.3 Å². The smallest absolute Gasteiger partial charge is 0.348 e. The monoisotopic (exact) mass is 395 g/mol. The molecule has 0 radical (unpaired) electrons. The van der Waals surface area contributed by atoms with Gasteiger partial charge in [0.1, 0.15) is 10.2 Å². The van der Waals surface area contributed by atoms with E-state index in [1.165, 1.54) is 32.7 Å². The summed E-state index contributed by atoms with van der Waals surface area (Å²) in [6.45, 7) is 0. The Balaban J connectivity index is 1.89. The number of nitrogens with zero attached hydrogens (tertiary/aromatic N) is 1. The van der Waals surface area contributed by atoms with Crippen LogP contribution in [0.15, 0.2) is 57.1 Å². The molecule has 0 saturated heterocycles. The quantitative estimate of drug-likeness (QED) is 0.491. The van der Waals surface area contributed by atoms with Gasteiger partial charge in [-0.2, -0.15) is 0 Å². The van der Waals surface area contributed by atoms with Crippen LogP contribution in [0.25, 0.3) is 32.8 Å². The molecule has 2 aromatic heterocycles. The summed E-state index contributed by atoms with van der Waals surface area (Å²) in [5, 5.41) is 2.40. The van der Waals surface area contributed by atoms with Gasteiger partial charge >= 0.3 is 5.63 Å². The van der Waals surface area contributed by atoms with Crippen molar-refractivity contribution in [2.24, 2.45) is 0 Å². The first-order valence-corrected chi connectivity index (χ1v) is 9.32. The average Bonchev–Trinajstić information content (AvgIpc) is 3.18. The molecule has 0 N–H and O–H groups in total. The Labute approximate surface area is 164 Å². The van der Waals surface area contributed by atoms with E-state index in [1.54, 1.807) is 12.1 Å². The summed E-state index contributed by atoms with van der Waals surface area (Å²) in [5.41, 5.74) is 1.89. The summed E-state index contributed by atoms with van der Waals surface area (Å²) in [7, 11) is 4.58. The lowest BCUT2D eigenvalue weighted by Crippen LogP contribution is -2.03. The van der Waals surface area contributed by atoms with Crippen molar-refractivity contribution in [2.75, 3.05) is 21.3 Å². The van der Waals surface area contributed by atoms with Crippen molar-refractivity contribution in [2.45, 2.75) is 0 Å². The van der Waals surface area contributed by atoms with E-state index in [1.807, 2.05) is 35.7 Å². The summed E-state index contributed by atoms with van der Waals surface area (Å²) in [4.78, 5) is 17.9. The standard InChI is InChI=1S/C21H17NO5S/c1-24-15-9-13(10-16(25-2)18(15)26-3)19-22-20-17(21(23)27-19)14(11-28-20)12-7-5-4-6-8-12/h4-11H,1-3H3. The molecule has 0 unspecified atom stereocenters. The molecule has 0 spiro atoms. The van der Waals surface area contributed by atoms with Gasteiger partial charge < -0.3 is 18.6 Å².